The van der Waals surface area contributed by atoms with Crippen molar-refractivity contribution in [3.63, 3.8) is 0 Å². The number of aromatic nitrogens is 2. The first kappa shape index (κ1) is 25.6. The average molecular weight is 523 g/mol. The first-order chi connectivity index (χ1) is 17.8. The molecule has 2 aromatic carbocycles. The molecular formula is C28H34N4O4S. The number of fused-ring (bicyclic) bond motifs is 1. The van der Waals surface area contributed by atoms with Gasteiger partial charge in [0.25, 0.3) is 5.56 Å². The summed E-state index contributed by atoms with van der Waals surface area (Å²) in [6.45, 7) is 4.32. The number of sulfonamides is 1. The minimum Gasteiger partial charge on any atom is -0.341 e. The summed E-state index contributed by atoms with van der Waals surface area (Å²) < 4.78 is 29.2. The summed E-state index contributed by atoms with van der Waals surface area (Å²) in [5.41, 5.74) is 1.33. The lowest BCUT2D eigenvalue weighted by Gasteiger charge is -2.32. The van der Waals surface area contributed by atoms with Gasteiger partial charge in [0.1, 0.15) is 6.54 Å². The van der Waals surface area contributed by atoms with Gasteiger partial charge in [0.05, 0.1) is 22.1 Å². The summed E-state index contributed by atoms with van der Waals surface area (Å²) in [7, 11) is -3.69. The highest BCUT2D eigenvalue weighted by Gasteiger charge is 2.29. The molecule has 2 aliphatic heterocycles. The van der Waals surface area contributed by atoms with E-state index in [1.54, 1.807) is 6.07 Å². The van der Waals surface area contributed by atoms with E-state index in [2.05, 4.69) is 36.2 Å². The fourth-order valence-electron chi connectivity index (χ4n) is 5.37. The van der Waals surface area contributed by atoms with E-state index in [-0.39, 0.29) is 22.7 Å². The Balaban J connectivity index is 1.27. The Bertz CT molecular complexity index is 1420. The fourth-order valence-corrected chi connectivity index (χ4v) is 6.86. The van der Waals surface area contributed by atoms with Crippen LogP contribution < -0.4 is 5.56 Å². The third kappa shape index (κ3) is 5.62. The van der Waals surface area contributed by atoms with Crippen LogP contribution in [-0.4, -0.2) is 59.3 Å². The Hall–Kier alpha value is -3.04. The van der Waals surface area contributed by atoms with Crippen molar-refractivity contribution in [3.8, 4) is 0 Å². The van der Waals surface area contributed by atoms with E-state index in [1.807, 2.05) is 11.0 Å². The second kappa shape index (κ2) is 10.8. The molecule has 0 saturated carbocycles. The minimum atomic E-state index is -3.69. The Morgan fingerprint density at radius 2 is 1.68 bits per heavy atom. The van der Waals surface area contributed by atoms with Gasteiger partial charge < -0.3 is 4.90 Å². The molecule has 2 saturated heterocycles. The van der Waals surface area contributed by atoms with Gasteiger partial charge in [-0.3, -0.25) is 14.2 Å². The summed E-state index contributed by atoms with van der Waals surface area (Å²) in [5, 5.41) is 0.211. The molecule has 5 rings (SSSR count). The van der Waals surface area contributed by atoms with Crippen molar-refractivity contribution in [3.05, 3.63) is 70.8 Å². The molecule has 0 unspecified atom stereocenters. The van der Waals surface area contributed by atoms with E-state index < -0.39 is 15.6 Å². The molecule has 37 heavy (non-hydrogen) atoms. The SMILES string of the molecule is CC1CCN(S(=O)(=O)c2ccc3ncn(CC(=O)N4CCC(Cc5ccccc5)CC4)c(=O)c3c2)CC1. The lowest BCUT2D eigenvalue weighted by molar-refractivity contribution is -0.133. The molecule has 0 spiro atoms. The molecule has 9 heteroatoms. The summed E-state index contributed by atoms with van der Waals surface area (Å²) in [4.78, 5) is 32.5. The average Bonchev–Trinajstić information content (AvgIpc) is 2.91. The van der Waals surface area contributed by atoms with Gasteiger partial charge in [0.15, 0.2) is 0 Å². The number of hydrogen-bond donors (Lipinski definition) is 0. The zero-order valence-corrected chi connectivity index (χ0v) is 22.1. The van der Waals surface area contributed by atoms with Crippen LogP contribution in [0.3, 0.4) is 0 Å². The third-order valence-electron chi connectivity index (χ3n) is 7.82. The van der Waals surface area contributed by atoms with Crippen molar-refractivity contribution in [2.45, 2.75) is 50.5 Å². The Morgan fingerprint density at radius 3 is 2.38 bits per heavy atom. The minimum absolute atomic E-state index is 0.0954. The van der Waals surface area contributed by atoms with Gasteiger partial charge in [-0.1, -0.05) is 37.3 Å². The lowest BCUT2D eigenvalue weighted by atomic mass is 9.90. The quantitative estimate of drug-likeness (QED) is 0.495. The van der Waals surface area contributed by atoms with E-state index in [0.717, 1.165) is 32.1 Å². The van der Waals surface area contributed by atoms with Gasteiger partial charge in [0.2, 0.25) is 15.9 Å². The van der Waals surface area contributed by atoms with Crippen LogP contribution in [0.25, 0.3) is 10.9 Å². The van der Waals surface area contributed by atoms with Gasteiger partial charge in [-0.2, -0.15) is 4.31 Å². The molecule has 3 aromatic rings. The first-order valence-corrected chi connectivity index (χ1v) is 14.6. The van der Waals surface area contributed by atoms with Crippen LogP contribution in [0.1, 0.15) is 38.2 Å². The summed E-state index contributed by atoms with van der Waals surface area (Å²) in [5.74, 6) is 0.930. The maximum Gasteiger partial charge on any atom is 0.261 e. The van der Waals surface area contributed by atoms with Crippen LogP contribution in [0.2, 0.25) is 0 Å². The number of nitrogens with zero attached hydrogens (tertiary/aromatic N) is 4. The largest absolute Gasteiger partial charge is 0.341 e. The molecule has 0 N–H and O–H groups in total. The monoisotopic (exact) mass is 522 g/mol. The fraction of sp³-hybridized carbons (Fsp3) is 0.464. The van der Waals surface area contributed by atoms with Gasteiger partial charge in [0, 0.05) is 26.2 Å². The first-order valence-electron chi connectivity index (χ1n) is 13.1. The molecule has 1 aromatic heterocycles. The van der Waals surface area contributed by atoms with Crippen molar-refractivity contribution in [2.24, 2.45) is 11.8 Å². The van der Waals surface area contributed by atoms with Crippen LogP contribution in [0.15, 0.2) is 64.5 Å². The smallest absolute Gasteiger partial charge is 0.261 e. The Kier molecular flexibility index (Phi) is 7.44. The zero-order valence-electron chi connectivity index (χ0n) is 21.3. The van der Waals surface area contributed by atoms with Crippen molar-refractivity contribution < 1.29 is 13.2 Å². The number of carbonyl (C=O) groups excluding carboxylic acids is 1. The maximum atomic E-state index is 13.2. The Morgan fingerprint density at radius 1 is 0.973 bits per heavy atom. The van der Waals surface area contributed by atoms with Crippen molar-refractivity contribution in [2.75, 3.05) is 26.2 Å². The topological polar surface area (TPSA) is 92.6 Å². The highest BCUT2D eigenvalue weighted by atomic mass is 32.2. The highest BCUT2D eigenvalue weighted by molar-refractivity contribution is 7.89. The predicted octanol–water partition coefficient (Wildman–Crippen LogP) is 3.30. The third-order valence-corrected chi connectivity index (χ3v) is 9.71. The molecule has 0 bridgehead atoms. The number of piperidine rings is 2. The number of benzene rings is 2. The van der Waals surface area contributed by atoms with Crippen molar-refractivity contribution in [1.29, 1.82) is 0 Å². The van der Waals surface area contributed by atoms with Gasteiger partial charge >= 0.3 is 0 Å². The van der Waals surface area contributed by atoms with Crippen LogP contribution in [0.5, 0.6) is 0 Å². The molecule has 0 atom stereocenters. The molecule has 3 heterocycles. The highest BCUT2D eigenvalue weighted by Crippen LogP contribution is 2.25. The molecule has 8 nitrogen and oxygen atoms in total. The van der Waals surface area contributed by atoms with E-state index >= 15 is 0 Å². The molecule has 196 valence electrons. The van der Waals surface area contributed by atoms with Crippen LogP contribution in [0, 0.1) is 11.8 Å². The number of hydrogen-bond acceptors (Lipinski definition) is 5. The maximum absolute atomic E-state index is 13.2. The molecule has 0 radical (unpaired) electrons. The van der Waals surface area contributed by atoms with E-state index in [0.29, 0.717) is 43.5 Å². The molecule has 1 amide bonds. The van der Waals surface area contributed by atoms with Gasteiger partial charge in [-0.15, -0.1) is 0 Å². The molecule has 2 aliphatic rings. The zero-order chi connectivity index (χ0) is 26.0. The van der Waals surface area contributed by atoms with Crippen molar-refractivity contribution >= 4 is 26.8 Å². The lowest BCUT2D eigenvalue weighted by Crippen LogP contribution is -2.42. The van der Waals surface area contributed by atoms with E-state index in [9.17, 15) is 18.0 Å². The molecule has 2 fully saturated rings. The number of rotatable bonds is 6. The molecule has 0 aliphatic carbocycles. The normalized spacial score (nSPS) is 18.4. The van der Waals surface area contributed by atoms with Gasteiger partial charge in [-0.05, 0) is 67.7 Å². The molecular weight excluding hydrogens is 488 g/mol. The second-order valence-corrected chi connectivity index (χ2v) is 12.4. The van der Waals surface area contributed by atoms with E-state index in [1.165, 1.54) is 32.9 Å². The van der Waals surface area contributed by atoms with E-state index in [4.69, 9.17) is 0 Å². The summed E-state index contributed by atoms with van der Waals surface area (Å²) in [6.07, 6.45) is 5.91. The standard InChI is InChI=1S/C28H34N4O4S/c1-21-9-15-32(16-10-21)37(35,36)24-7-8-26-25(18-24)28(34)31(20-29-26)19-27(33)30-13-11-23(12-14-30)17-22-5-3-2-4-6-22/h2-8,18,20-21,23H,9-17,19H2,1H3. The van der Waals surface area contributed by atoms with Crippen molar-refractivity contribution in [1.82, 2.24) is 18.8 Å². The summed E-state index contributed by atoms with van der Waals surface area (Å²) >= 11 is 0. The van der Waals surface area contributed by atoms with Crippen LogP contribution in [-0.2, 0) is 27.8 Å². The number of carbonyl (C=O) groups is 1. The van der Waals surface area contributed by atoms with Crippen LogP contribution >= 0.6 is 0 Å². The number of amides is 1. The predicted molar refractivity (Wildman–Crippen MR) is 143 cm³/mol. The Labute approximate surface area is 218 Å². The van der Waals surface area contributed by atoms with Gasteiger partial charge in [-0.25, -0.2) is 13.4 Å². The summed E-state index contributed by atoms with van der Waals surface area (Å²) in [6, 6.07) is 14.9. The second-order valence-electron chi connectivity index (χ2n) is 10.5. The number of likely N-dealkylation sites (tertiary alicyclic amines) is 1. The van der Waals surface area contributed by atoms with Crippen LogP contribution in [0.4, 0.5) is 0 Å².